The molecule has 0 unspecified atom stereocenters. The predicted octanol–water partition coefficient (Wildman–Crippen LogP) is 1.50. The molecule has 1 aliphatic rings. The number of carbonyl (C=O) groups is 2. The van der Waals surface area contributed by atoms with Crippen molar-refractivity contribution in [2.24, 2.45) is 0 Å². The zero-order valence-electron chi connectivity index (χ0n) is 17.9. The lowest BCUT2D eigenvalue weighted by Gasteiger charge is -2.32. The van der Waals surface area contributed by atoms with E-state index in [-0.39, 0.29) is 5.91 Å². The Kier molecular flexibility index (Phi) is 8.13. The molecule has 166 valence electrons. The summed E-state index contributed by atoms with van der Waals surface area (Å²) in [5.74, 6) is 0.540. The van der Waals surface area contributed by atoms with Gasteiger partial charge in [0.2, 0.25) is 0 Å². The van der Waals surface area contributed by atoms with Gasteiger partial charge in [-0.25, -0.2) is 9.78 Å². The number of likely N-dealkylation sites (N-methyl/N-ethyl adjacent to an activating group) is 1. The van der Waals surface area contributed by atoms with Crippen LogP contribution in [0.2, 0.25) is 0 Å². The minimum absolute atomic E-state index is 0.174. The summed E-state index contributed by atoms with van der Waals surface area (Å²) in [4.78, 5) is 37.3. The molecular weight excluding hydrogens is 398 g/mol. The van der Waals surface area contributed by atoms with Gasteiger partial charge in [0, 0.05) is 50.7 Å². The lowest BCUT2D eigenvalue weighted by atomic mass is 10.1. The number of urea groups is 1. The smallest absolute Gasteiger partial charge is 0.324 e. The van der Waals surface area contributed by atoms with Gasteiger partial charge in [-0.1, -0.05) is 0 Å². The van der Waals surface area contributed by atoms with E-state index in [0.29, 0.717) is 29.4 Å². The van der Waals surface area contributed by atoms with Crippen molar-refractivity contribution in [3.63, 3.8) is 0 Å². The van der Waals surface area contributed by atoms with E-state index in [9.17, 15) is 9.59 Å². The normalized spacial score (nSPS) is 14.6. The van der Waals surface area contributed by atoms with Crippen molar-refractivity contribution in [1.29, 1.82) is 0 Å². The highest BCUT2D eigenvalue weighted by Gasteiger charge is 2.14. The molecule has 2 heterocycles. The minimum atomic E-state index is -0.486. The number of carbonyl (C=O) groups excluding carboxylic acids is 2. The first-order valence-electron chi connectivity index (χ1n) is 10.3. The van der Waals surface area contributed by atoms with Crippen LogP contribution in [0.25, 0.3) is 0 Å². The molecule has 1 aliphatic heterocycles. The maximum Gasteiger partial charge on any atom is 0.324 e. The molecule has 1 saturated heterocycles. The van der Waals surface area contributed by atoms with Gasteiger partial charge in [0.05, 0.1) is 19.0 Å². The summed E-state index contributed by atoms with van der Waals surface area (Å²) in [6, 6.07) is 4.40. The molecule has 2 aromatic rings. The Bertz CT molecular complexity index is 871. The lowest BCUT2D eigenvalue weighted by Crippen LogP contribution is -2.45. The molecular formula is C21H29N7O3. The second-order valence-corrected chi connectivity index (χ2v) is 7.34. The van der Waals surface area contributed by atoms with Gasteiger partial charge in [-0.2, -0.15) is 0 Å². The van der Waals surface area contributed by atoms with Crippen LogP contribution in [0.5, 0.6) is 5.75 Å². The average Bonchev–Trinajstić information content (AvgIpc) is 2.78. The highest BCUT2D eigenvalue weighted by molar-refractivity contribution is 6.01. The highest BCUT2D eigenvalue weighted by atomic mass is 16.5. The summed E-state index contributed by atoms with van der Waals surface area (Å²) < 4.78 is 5.34. The van der Waals surface area contributed by atoms with Gasteiger partial charge in [0.15, 0.2) is 5.82 Å². The van der Waals surface area contributed by atoms with Crippen molar-refractivity contribution in [3.05, 3.63) is 42.4 Å². The number of nitrogens with zero attached hydrogens (tertiary/aromatic N) is 4. The van der Waals surface area contributed by atoms with Crippen molar-refractivity contribution >= 4 is 23.4 Å². The number of nitrogens with one attached hydrogen (secondary N) is 3. The van der Waals surface area contributed by atoms with Gasteiger partial charge in [-0.05, 0) is 38.2 Å². The number of amides is 3. The molecule has 0 spiro atoms. The van der Waals surface area contributed by atoms with E-state index in [4.69, 9.17) is 4.74 Å². The van der Waals surface area contributed by atoms with Crippen molar-refractivity contribution in [3.8, 4) is 5.75 Å². The maximum absolute atomic E-state index is 12.5. The third-order valence-electron chi connectivity index (χ3n) is 5.05. The summed E-state index contributed by atoms with van der Waals surface area (Å²) >= 11 is 0. The number of benzene rings is 1. The number of hydrogen-bond acceptors (Lipinski definition) is 7. The number of methoxy groups -OCH3 is 1. The second-order valence-electron chi connectivity index (χ2n) is 7.34. The van der Waals surface area contributed by atoms with E-state index < -0.39 is 6.03 Å². The Balaban J connectivity index is 1.48. The van der Waals surface area contributed by atoms with Gasteiger partial charge >= 0.3 is 6.03 Å². The number of hydrogen-bond donors (Lipinski definition) is 3. The van der Waals surface area contributed by atoms with E-state index >= 15 is 0 Å². The second kappa shape index (κ2) is 11.2. The van der Waals surface area contributed by atoms with Crippen LogP contribution < -0.4 is 20.7 Å². The SMILES string of the molecule is COc1cc(C(=O)NCCCN2CCN(C)CC2)ccc1NC(=O)Nc1cnccn1. The van der Waals surface area contributed by atoms with Crippen LogP contribution in [0, 0.1) is 0 Å². The lowest BCUT2D eigenvalue weighted by molar-refractivity contribution is 0.0949. The molecule has 0 saturated carbocycles. The van der Waals surface area contributed by atoms with Gasteiger partial charge < -0.3 is 25.2 Å². The predicted molar refractivity (Wildman–Crippen MR) is 119 cm³/mol. The zero-order valence-corrected chi connectivity index (χ0v) is 17.9. The number of ether oxygens (including phenoxy) is 1. The molecule has 3 amide bonds. The number of aromatic nitrogens is 2. The van der Waals surface area contributed by atoms with Crippen molar-refractivity contribution in [2.45, 2.75) is 6.42 Å². The number of piperazine rings is 1. The molecule has 0 aliphatic carbocycles. The molecule has 0 bridgehead atoms. The van der Waals surface area contributed by atoms with Crippen LogP contribution in [-0.2, 0) is 0 Å². The van der Waals surface area contributed by atoms with Crippen molar-refractivity contribution < 1.29 is 14.3 Å². The van der Waals surface area contributed by atoms with Gasteiger partial charge in [0.1, 0.15) is 5.75 Å². The molecule has 1 aromatic carbocycles. The molecule has 10 heteroatoms. The number of anilines is 2. The van der Waals surface area contributed by atoms with Gasteiger partial charge in [0.25, 0.3) is 5.91 Å². The molecule has 0 atom stereocenters. The summed E-state index contributed by atoms with van der Waals surface area (Å²) in [5.41, 5.74) is 0.909. The van der Waals surface area contributed by atoms with Crippen LogP contribution >= 0.6 is 0 Å². The Hall–Kier alpha value is -3.24. The van der Waals surface area contributed by atoms with Crippen LogP contribution in [0.4, 0.5) is 16.3 Å². The fourth-order valence-corrected chi connectivity index (χ4v) is 3.25. The highest BCUT2D eigenvalue weighted by Crippen LogP contribution is 2.25. The third-order valence-corrected chi connectivity index (χ3v) is 5.05. The Morgan fingerprint density at radius 2 is 1.94 bits per heavy atom. The van der Waals surface area contributed by atoms with E-state index in [1.807, 2.05) is 0 Å². The minimum Gasteiger partial charge on any atom is -0.495 e. The fraction of sp³-hybridized carbons (Fsp3) is 0.429. The Labute approximate surface area is 182 Å². The average molecular weight is 428 g/mol. The molecule has 1 aromatic heterocycles. The summed E-state index contributed by atoms with van der Waals surface area (Å²) in [6.07, 6.45) is 5.33. The quantitative estimate of drug-likeness (QED) is 0.547. The molecule has 3 rings (SSSR count). The first-order chi connectivity index (χ1) is 15.0. The van der Waals surface area contributed by atoms with Crippen LogP contribution in [-0.4, -0.2) is 85.1 Å². The van der Waals surface area contributed by atoms with E-state index in [1.165, 1.54) is 25.7 Å². The van der Waals surface area contributed by atoms with Crippen molar-refractivity contribution in [2.75, 3.05) is 64.1 Å². The largest absolute Gasteiger partial charge is 0.495 e. The molecule has 10 nitrogen and oxygen atoms in total. The van der Waals surface area contributed by atoms with Crippen LogP contribution in [0.3, 0.4) is 0 Å². The molecule has 3 N–H and O–H groups in total. The van der Waals surface area contributed by atoms with Gasteiger partial charge in [-0.15, -0.1) is 0 Å². The van der Waals surface area contributed by atoms with E-state index in [2.05, 4.69) is 42.8 Å². The topological polar surface area (TPSA) is 112 Å². The molecule has 0 radical (unpaired) electrons. The molecule has 31 heavy (non-hydrogen) atoms. The first-order valence-corrected chi connectivity index (χ1v) is 10.3. The summed E-state index contributed by atoms with van der Waals surface area (Å²) in [6.45, 7) is 5.89. The zero-order chi connectivity index (χ0) is 22.1. The molecule has 1 fully saturated rings. The van der Waals surface area contributed by atoms with Crippen molar-refractivity contribution in [1.82, 2.24) is 25.1 Å². The Morgan fingerprint density at radius 3 is 2.65 bits per heavy atom. The first kappa shape index (κ1) is 22.4. The number of rotatable bonds is 8. The fourth-order valence-electron chi connectivity index (χ4n) is 3.25. The van der Waals surface area contributed by atoms with Gasteiger partial charge in [-0.3, -0.25) is 15.1 Å². The maximum atomic E-state index is 12.5. The van der Waals surface area contributed by atoms with Crippen LogP contribution in [0.1, 0.15) is 16.8 Å². The van der Waals surface area contributed by atoms with E-state index in [1.54, 1.807) is 18.2 Å². The Morgan fingerprint density at radius 1 is 1.13 bits per heavy atom. The summed E-state index contributed by atoms with van der Waals surface area (Å²) in [7, 11) is 3.62. The monoisotopic (exact) mass is 427 g/mol. The third kappa shape index (κ3) is 6.90. The van der Waals surface area contributed by atoms with E-state index in [0.717, 1.165) is 39.1 Å². The summed E-state index contributed by atoms with van der Waals surface area (Å²) in [5, 5.41) is 8.21. The standard InChI is InChI=1S/C21H29N7O3/c1-27-10-12-28(13-11-27)9-3-6-24-20(29)16-4-5-17(18(14-16)31-2)25-21(30)26-19-15-22-7-8-23-19/h4-5,7-8,14-15H,3,6,9-13H2,1-2H3,(H,24,29)(H2,23,25,26,30). The van der Waals surface area contributed by atoms with Crippen LogP contribution in [0.15, 0.2) is 36.8 Å².